The average molecular weight is 354 g/mol. The van der Waals surface area contributed by atoms with Crippen molar-refractivity contribution >= 4 is 23.6 Å². The molecule has 5 heteroatoms. The zero-order chi connectivity index (χ0) is 17.6. The minimum atomic E-state index is -0.0647. The van der Waals surface area contributed by atoms with Gasteiger partial charge in [-0.15, -0.1) is 11.8 Å². The van der Waals surface area contributed by atoms with Crippen LogP contribution in [0.1, 0.15) is 33.8 Å². The number of nitrogens with zero attached hydrogens (tertiary/aromatic N) is 1. The van der Waals surface area contributed by atoms with Gasteiger partial charge in [0.2, 0.25) is 5.91 Å². The smallest absolute Gasteiger partial charge is 0.251 e. The highest BCUT2D eigenvalue weighted by Crippen LogP contribution is 2.38. The number of carbonyl (C=O) groups excluding carboxylic acids is 2. The molecule has 0 radical (unpaired) electrons. The van der Waals surface area contributed by atoms with Crippen LogP contribution in [0.25, 0.3) is 0 Å². The zero-order valence-electron chi connectivity index (χ0n) is 14.3. The summed E-state index contributed by atoms with van der Waals surface area (Å²) in [5.74, 6) is 0.626. The Morgan fingerprint density at radius 3 is 2.56 bits per heavy atom. The van der Waals surface area contributed by atoms with E-state index >= 15 is 0 Å². The molecule has 2 amide bonds. The van der Waals surface area contributed by atoms with Crippen LogP contribution in [0.2, 0.25) is 0 Å². The lowest BCUT2D eigenvalue weighted by Gasteiger charge is -2.24. The highest BCUT2D eigenvalue weighted by molar-refractivity contribution is 8.00. The Labute approximate surface area is 152 Å². The Morgan fingerprint density at radius 1 is 1.16 bits per heavy atom. The molecule has 0 aliphatic carbocycles. The number of thioether (sulfide) groups is 1. The molecule has 25 heavy (non-hydrogen) atoms. The molecule has 4 nitrogen and oxygen atoms in total. The molecule has 0 spiro atoms. The van der Waals surface area contributed by atoms with Crippen molar-refractivity contribution in [1.29, 1.82) is 0 Å². The summed E-state index contributed by atoms with van der Waals surface area (Å²) in [5.41, 5.74) is 2.95. The second-order valence-electron chi connectivity index (χ2n) is 5.97. The summed E-state index contributed by atoms with van der Waals surface area (Å²) >= 11 is 1.65. The fourth-order valence-corrected chi connectivity index (χ4v) is 4.15. The van der Waals surface area contributed by atoms with E-state index in [0.29, 0.717) is 24.4 Å². The molecule has 1 fully saturated rings. The maximum atomic E-state index is 12.3. The van der Waals surface area contributed by atoms with Crippen molar-refractivity contribution in [1.82, 2.24) is 10.2 Å². The first-order valence-electron chi connectivity index (χ1n) is 8.52. The maximum absolute atomic E-state index is 12.3. The molecule has 0 bridgehead atoms. The summed E-state index contributed by atoms with van der Waals surface area (Å²) in [6, 6.07) is 17.8. The van der Waals surface area contributed by atoms with Gasteiger partial charge in [-0.1, -0.05) is 42.5 Å². The fourth-order valence-electron chi connectivity index (χ4n) is 2.93. The van der Waals surface area contributed by atoms with E-state index in [1.54, 1.807) is 11.8 Å². The monoisotopic (exact) mass is 354 g/mol. The van der Waals surface area contributed by atoms with E-state index < -0.39 is 0 Å². The van der Waals surface area contributed by atoms with Gasteiger partial charge in [0.25, 0.3) is 5.91 Å². The first kappa shape index (κ1) is 17.5. The van der Waals surface area contributed by atoms with Crippen molar-refractivity contribution in [2.45, 2.75) is 18.7 Å². The number of amides is 2. The Kier molecular flexibility index (Phi) is 5.76. The van der Waals surface area contributed by atoms with Crippen LogP contribution in [0.5, 0.6) is 0 Å². The van der Waals surface area contributed by atoms with Gasteiger partial charge in [0, 0.05) is 18.7 Å². The number of carbonyl (C=O) groups is 2. The number of benzene rings is 2. The van der Waals surface area contributed by atoms with Crippen LogP contribution in [0, 0.1) is 0 Å². The fraction of sp³-hybridized carbons (Fsp3) is 0.300. The second-order valence-corrected chi connectivity index (χ2v) is 7.04. The SMILES string of the molecule is CCNC(=O)c1ccc([C@H]2SCC(=O)N2CCc2ccccc2)cc1. The number of hydrogen-bond donors (Lipinski definition) is 1. The van der Waals surface area contributed by atoms with E-state index in [0.717, 1.165) is 12.0 Å². The van der Waals surface area contributed by atoms with Crippen molar-refractivity contribution in [3.8, 4) is 0 Å². The normalized spacial score (nSPS) is 16.9. The van der Waals surface area contributed by atoms with Crippen LogP contribution >= 0.6 is 11.8 Å². The Bertz CT molecular complexity index is 731. The van der Waals surface area contributed by atoms with Gasteiger partial charge >= 0.3 is 0 Å². The molecule has 1 N–H and O–H groups in total. The van der Waals surface area contributed by atoms with Gasteiger partial charge in [-0.05, 0) is 36.6 Å². The summed E-state index contributed by atoms with van der Waals surface area (Å²) in [4.78, 5) is 26.1. The first-order chi connectivity index (χ1) is 12.2. The van der Waals surface area contributed by atoms with Crippen LogP contribution in [0.15, 0.2) is 54.6 Å². The molecular formula is C20H22N2O2S. The van der Waals surface area contributed by atoms with Crippen LogP contribution in [0.4, 0.5) is 0 Å². The summed E-state index contributed by atoms with van der Waals surface area (Å²) in [6.07, 6.45) is 0.848. The van der Waals surface area contributed by atoms with Gasteiger partial charge in [-0.2, -0.15) is 0 Å². The highest BCUT2D eigenvalue weighted by atomic mass is 32.2. The van der Waals surface area contributed by atoms with Gasteiger partial charge in [0.1, 0.15) is 5.37 Å². The van der Waals surface area contributed by atoms with Gasteiger partial charge in [0.05, 0.1) is 5.75 Å². The molecule has 2 aromatic rings. The van der Waals surface area contributed by atoms with E-state index in [9.17, 15) is 9.59 Å². The molecule has 1 atom stereocenters. The number of nitrogens with one attached hydrogen (secondary N) is 1. The van der Waals surface area contributed by atoms with Crippen LogP contribution in [-0.2, 0) is 11.2 Å². The molecule has 1 saturated heterocycles. The topological polar surface area (TPSA) is 49.4 Å². The van der Waals surface area contributed by atoms with E-state index in [-0.39, 0.29) is 17.2 Å². The molecule has 0 unspecified atom stereocenters. The Morgan fingerprint density at radius 2 is 1.88 bits per heavy atom. The van der Waals surface area contributed by atoms with E-state index in [1.165, 1.54) is 5.56 Å². The number of rotatable bonds is 6. The van der Waals surface area contributed by atoms with Gasteiger partial charge < -0.3 is 10.2 Å². The molecule has 2 aromatic carbocycles. The predicted molar refractivity (Wildman–Crippen MR) is 102 cm³/mol. The van der Waals surface area contributed by atoms with Gasteiger partial charge in [0.15, 0.2) is 0 Å². The standard InChI is InChI=1S/C20H22N2O2S/c1-2-21-19(24)16-8-10-17(11-9-16)20-22(18(23)14-25-20)13-12-15-6-4-3-5-7-15/h3-11,20H,2,12-14H2,1H3,(H,21,24)/t20-/m1/s1. The molecule has 1 aliphatic heterocycles. The van der Waals surface area contributed by atoms with Crippen LogP contribution in [-0.4, -0.2) is 35.6 Å². The largest absolute Gasteiger partial charge is 0.352 e. The lowest BCUT2D eigenvalue weighted by atomic mass is 10.1. The lowest BCUT2D eigenvalue weighted by molar-refractivity contribution is -0.128. The van der Waals surface area contributed by atoms with Crippen molar-refractivity contribution in [2.75, 3.05) is 18.8 Å². The minimum absolute atomic E-state index is 0.0273. The summed E-state index contributed by atoms with van der Waals surface area (Å²) in [7, 11) is 0. The van der Waals surface area contributed by atoms with Gasteiger partial charge in [-0.3, -0.25) is 9.59 Å². The highest BCUT2D eigenvalue weighted by Gasteiger charge is 2.32. The lowest BCUT2D eigenvalue weighted by Crippen LogP contribution is -2.30. The van der Waals surface area contributed by atoms with Crippen molar-refractivity contribution in [2.24, 2.45) is 0 Å². The van der Waals surface area contributed by atoms with E-state index in [4.69, 9.17) is 0 Å². The molecule has 1 aliphatic rings. The first-order valence-corrected chi connectivity index (χ1v) is 9.57. The van der Waals surface area contributed by atoms with E-state index in [1.807, 2.05) is 54.3 Å². The molecule has 130 valence electrons. The van der Waals surface area contributed by atoms with Crippen LogP contribution in [0.3, 0.4) is 0 Å². The molecule has 1 heterocycles. The molecular weight excluding hydrogens is 332 g/mol. The Balaban J connectivity index is 1.69. The summed E-state index contributed by atoms with van der Waals surface area (Å²) < 4.78 is 0. The molecule has 0 saturated carbocycles. The summed E-state index contributed by atoms with van der Waals surface area (Å²) in [6.45, 7) is 3.22. The third kappa shape index (κ3) is 4.23. The average Bonchev–Trinajstić information content (AvgIpc) is 3.02. The maximum Gasteiger partial charge on any atom is 0.251 e. The molecule has 0 aromatic heterocycles. The minimum Gasteiger partial charge on any atom is -0.352 e. The Hall–Kier alpha value is -2.27. The van der Waals surface area contributed by atoms with E-state index in [2.05, 4.69) is 17.4 Å². The third-order valence-corrected chi connectivity index (χ3v) is 5.50. The van der Waals surface area contributed by atoms with Crippen LogP contribution < -0.4 is 5.32 Å². The van der Waals surface area contributed by atoms with Crippen molar-refractivity contribution in [3.63, 3.8) is 0 Å². The molecule has 3 rings (SSSR count). The van der Waals surface area contributed by atoms with Crippen molar-refractivity contribution < 1.29 is 9.59 Å². The quantitative estimate of drug-likeness (QED) is 0.866. The second kappa shape index (κ2) is 8.21. The number of hydrogen-bond acceptors (Lipinski definition) is 3. The van der Waals surface area contributed by atoms with Gasteiger partial charge in [-0.25, -0.2) is 0 Å². The predicted octanol–water partition coefficient (Wildman–Crippen LogP) is 3.25. The van der Waals surface area contributed by atoms with Crippen molar-refractivity contribution in [3.05, 3.63) is 71.3 Å². The summed E-state index contributed by atoms with van der Waals surface area (Å²) in [5, 5.41) is 2.82. The third-order valence-electron chi connectivity index (χ3n) is 4.25. The zero-order valence-corrected chi connectivity index (χ0v) is 15.1.